The van der Waals surface area contributed by atoms with Crippen molar-refractivity contribution in [2.24, 2.45) is 11.7 Å². The van der Waals surface area contributed by atoms with Crippen molar-refractivity contribution in [1.29, 1.82) is 0 Å². The van der Waals surface area contributed by atoms with Gasteiger partial charge in [0, 0.05) is 24.7 Å². The monoisotopic (exact) mass is 337 g/mol. The molecule has 3 N–H and O–H groups in total. The van der Waals surface area contributed by atoms with E-state index in [1.54, 1.807) is 24.3 Å². The van der Waals surface area contributed by atoms with Crippen molar-refractivity contribution in [3.05, 3.63) is 24.3 Å². The fourth-order valence-electron chi connectivity index (χ4n) is 3.44. The summed E-state index contributed by atoms with van der Waals surface area (Å²) in [5.74, 6) is 0.370. The maximum absolute atomic E-state index is 12.2. The van der Waals surface area contributed by atoms with Gasteiger partial charge in [0.25, 0.3) is 0 Å². The Bertz CT molecular complexity index is 690. The highest BCUT2D eigenvalue weighted by Gasteiger charge is 2.29. The Balaban J connectivity index is 1.67. The molecule has 7 heteroatoms. The molecule has 1 saturated heterocycles. The maximum Gasteiger partial charge on any atom is 0.235 e. The molecule has 0 aromatic heterocycles. The van der Waals surface area contributed by atoms with Crippen LogP contribution in [0.2, 0.25) is 0 Å². The normalized spacial score (nSPS) is 26.4. The van der Waals surface area contributed by atoms with Crippen molar-refractivity contribution in [3.63, 3.8) is 0 Å². The predicted octanol–water partition coefficient (Wildman–Crippen LogP) is 1.68. The van der Waals surface area contributed by atoms with Crippen LogP contribution in [0.5, 0.6) is 0 Å². The molecule has 1 heterocycles. The van der Waals surface area contributed by atoms with Crippen molar-refractivity contribution in [2.45, 2.75) is 38.1 Å². The molecular formula is C16H23N3O3S. The summed E-state index contributed by atoms with van der Waals surface area (Å²) in [6, 6.07) is 7.13. The second-order valence-corrected chi connectivity index (χ2v) is 8.41. The molecule has 3 rings (SSSR count). The van der Waals surface area contributed by atoms with Crippen LogP contribution in [0.3, 0.4) is 0 Å². The van der Waals surface area contributed by atoms with E-state index in [-0.39, 0.29) is 23.6 Å². The van der Waals surface area contributed by atoms with E-state index in [2.05, 4.69) is 5.32 Å². The second-order valence-electron chi connectivity index (χ2n) is 6.40. The summed E-state index contributed by atoms with van der Waals surface area (Å²) in [5.41, 5.74) is 7.24. The molecule has 2 aliphatic rings. The lowest BCUT2D eigenvalue weighted by molar-refractivity contribution is -0.117. The predicted molar refractivity (Wildman–Crippen MR) is 90.8 cm³/mol. The van der Waals surface area contributed by atoms with Crippen LogP contribution in [0.25, 0.3) is 0 Å². The van der Waals surface area contributed by atoms with E-state index >= 15 is 0 Å². The van der Waals surface area contributed by atoms with E-state index in [4.69, 9.17) is 5.73 Å². The topological polar surface area (TPSA) is 92.5 Å². The van der Waals surface area contributed by atoms with Gasteiger partial charge in [0.2, 0.25) is 15.9 Å². The highest BCUT2D eigenvalue weighted by molar-refractivity contribution is 7.93. The number of nitrogens with two attached hydrogens (primary N) is 1. The standard InChI is InChI=1S/C16H23N3O3S/c17-15-7-1-4-12(15)10-16(20)18-13-5-2-6-14(11-13)19-8-3-9-23(19,21)22/h2,5-6,11-12,15H,1,3-4,7-10,17H2,(H,18,20)/t12-,15+/m0/s1. The molecule has 1 aromatic carbocycles. The number of nitrogens with one attached hydrogen (secondary N) is 1. The molecule has 1 amide bonds. The van der Waals surface area contributed by atoms with E-state index in [9.17, 15) is 13.2 Å². The minimum absolute atomic E-state index is 0.0613. The van der Waals surface area contributed by atoms with Crippen molar-refractivity contribution >= 4 is 27.3 Å². The van der Waals surface area contributed by atoms with Crippen molar-refractivity contribution < 1.29 is 13.2 Å². The molecule has 0 radical (unpaired) electrons. The zero-order chi connectivity index (χ0) is 16.4. The van der Waals surface area contributed by atoms with Gasteiger partial charge in [0.05, 0.1) is 11.4 Å². The van der Waals surface area contributed by atoms with Gasteiger partial charge in [0.15, 0.2) is 0 Å². The number of hydrogen-bond donors (Lipinski definition) is 2. The summed E-state index contributed by atoms with van der Waals surface area (Å²) in [7, 11) is -3.21. The first-order chi connectivity index (χ1) is 11.0. The van der Waals surface area contributed by atoms with Gasteiger partial charge in [-0.2, -0.15) is 0 Å². The summed E-state index contributed by atoms with van der Waals surface area (Å²) in [6.45, 7) is 0.497. The van der Waals surface area contributed by atoms with E-state index in [0.717, 1.165) is 19.3 Å². The Morgan fingerprint density at radius 2 is 2.13 bits per heavy atom. The molecule has 1 aromatic rings. The van der Waals surface area contributed by atoms with Crippen LogP contribution < -0.4 is 15.4 Å². The molecule has 23 heavy (non-hydrogen) atoms. The Morgan fingerprint density at radius 1 is 1.30 bits per heavy atom. The Morgan fingerprint density at radius 3 is 2.78 bits per heavy atom. The van der Waals surface area contributed by atoms with Crippen molar-refractivity contribution in [2.75, 3.05) is 21.9 Å². The van der Waals surface area contributed by atoms with Gasteiger partial charge >= 0.3 is 0 Å². The molecule has 2 atom stereocenters. The molecular weight excluding hydrogens is 314 g/mol. The van der Waals surface area contributed by atoms with Gasteiger partial charge in [-0.1, -0.05) is 12.5 Å². The number of carbonyl (C=O) groups excluding carboxylic acids is 1. The number of nitrogens with zero attached hydrogens (tertiary/aromatic N) is 1. The molecule has 1 aliphatic carbocycles. The summed E-state index contributed by atoms with van der Waals surface area (Å²) in [4.78, 5) is 12.2. The van der Waals surface area contributed by atoms with Gasteiger partial charge in [0.1, 0.15) is 0 Å². The second kappa shape index (κ2) is 6.49. The van der Waals surface area contributed by atoms with Crippen LogP contribution >= 0.6 is 0 Å². The lowest BCUT2D eigenvalue weighted by atomic mass is 10.00. The van der Waals surface area contributed by atoms with Gasteiger partial charge in [-0.3, -0.25) is 9.10 Å². The van der Waals surface area contributed by atoms with Gasteiger partial charge < -0.3 is 11.1 Å². The number of rotatable bonds is 4. The summed E-state index contributed by atoms with van der Waals surface area (Å²) >= 11 is 0. The zero-order valence-electron chi connectivity index (χ0n) is 13.1. The van der Waals surface area contributed by atoms with E-state index in [0.29, 0.717) is 30.8 Å². The lowest BCUT2D eigenvalue weighted by Crippen LogP contribution is -2.28. The van der Waals surface area contributed by atoms with Crippen LogP contribution in [0.4, 0.5) is 11.4 Å². The van der Waals surface area contributed by atoms with Crippen LogP contribution in [0.1, 0.15) is 32.1 Å². The van der Waals surface area contributed by atoms with E-state index in [1.165, 1.54) is 4.31 Å². The summed E-state index contributed by atoms with van der Waals surface area (Å²) in [5, 5.41) is 2.86. The Hall–Kier alpha value is -1.60. The van der Waals surface area contributed by atoms with Gasteiger partial charge in [-0.15, -0.1) is 0 Å². The minimum atomic E-state index is -3.21. The molecule has 1 aliphatic heterocycles. The van der Waals surface area contributed by atoms with Crippen LogP contribution in [-0.2, 0) is 14.8 Å². The molecule has 0 unspecified atom stereocenters. The molecule has 0 bridgehead atoms. The molecule has 1 saturated carbocycles. The van der Waals surface area contributed by atoms with E-state index in [1.807, 2.05) is 0 Å². The van der Waals surface area contributed by atoms with Crippen LogP contribution in [0, 0.1) is 5.92 Å². The summed E-state index contributed by atoms with van der Waals surface area (Å²) < 4.78 is 25.4. The maximum atomic E-state index is 12.2. The third kappa shape index (κ3) is 3.67. The average Bonchev–Trinajstić information content (AvgIpc) is 3.04. The molecule has 0 spiro atoms. The molecule has 126 valence electrons. The number of anilines is 2. The number of carbonyl (C=O) groups is 1. The van der Waals surface area contributed by atoms with Crippen LogP contribution in [-0.4, -0.2) is 32.7 Å². The van der Waals surface area contributed by atoms with Gasteiger partial charge in [-0.05, 0) is 43.4 Å². The largest absolute Gasteiger partial charge is 0.327 e. The highest BCUT2D eigenvalue weighted by atomic mass is 32.2. The Kier molecular flexibility index (Phi) is 4.59. The van der Waals surface area contributed by atoms with Crippen LogP contribution in [0.15, 0.2) is 24.3 Å². The Labute approximate surface area is 137 Å². The van der Waals surface area contributed by atoms with E-state index < -0.39 is 10.0 Å². The molecule has 6 nitrogen and oxygen atoms in total. The fourth-order valence-corrected chi connectivity index (χ4v) is 4.99. The zero-order valence-corrected chi connectivity index (χ0v) is 13.9. The highest BCUT2D eigenvalue weighted by Crippen LogP contribution is 2.28. The third-order valence-electron chi connectivity index (χ3n) is 4.68. The first-order valence-electron chi connectivity index (χ1n) is 8.11. The fraction of sp³-hybridized carbons (Fsp3) is 0.562. The van der Waals surface area contributed by atoms with Crippen molar-refractivity contribution in [1.82, 2.24) is 0 Å². The minimum Gasteiger partial charge on any atom is -0.327 e. The number of benzene rings is 1. The number of amides is 1. The lowest BCUT2D eigenvalue weighted by Gasteiger charge is -2.18. The van der Waals surface area contributed by atoms with Crippen molar-refractivity contribution in [3.8, 4) is 0 Å². The number of hydrogen-bond acceptors (Lipinski definition) is 4. The summed E-state index contributed by atoms with van der Waals surface area (Å²) in [6.07, 6.45) is 4.13. The quantitative estimate of drug-likeness (QED) is 0.874. The average molecular weight is 337 g/mol. The SMILES string of the molecule is N[C@@H]1CCC[C@H]1CC(=O)Nc1cccc(N2CCCS2(=O)=O)c1. The first-order valence-corrected chi connectivity index (χ1v) is 9.72. The molecule has 2 fully saturated rings. The first kappa shape index (κ1) is 16.3. The third-order valence-corrected chi connectivity index (χ3v) is 6.55. The smallest absolute Gasteiger partial charge is 0.235 e. The van der Waals surface area contributed by atoms with Gasteiger partial charge in [-0.25, -0.2) is 8.42 Å². The number of sulfonamides is 1.